The molecule has 0 saturated carbocycles. The molecule has 1 amide bonds. The first-order chi connectivity index (χ1) is 6.93. The van der Waals surface area contributed by atoms with Gasteiger partial charge in [0.1, 0.15) is 0 Å². The zero-order valence-electron chi connectivity index (χ0n) is 7.80. The average Bonchev–Trinajstić information content (AvgIpc) is 2.17. The SMILES string of the molecule is CCC(=O)Nc1ccc(C(F)(F)F)nn1. The second kappa shape index (κ2) is 4.24. The van der Waals surface area contributed by atoms with E-state index in [0.717, 1.165) is 12.1 Å². The van der Waals surface area contributed by atoms with E-state index in [1.807, 2.05) is 0 Å². The van der Waals surface area contributed by atoms with Crippen LogP contribution < -0.4 is 5.32 Å². The Bertz CT molecular complexity index is 347. The van der Waals surface area contributed by atoms with Gasteiger partial charge in [-0.2, -0.15) is 13.2 Å². The highest BCUT2D eigenvalue weighted by Gasteiger charge is 2.32. The largest absolute Gasteiger partial charge is 0.435 e. The Morgan fingerprint density at radius 1 is 1.40 bits per heavy atom. The van der Waals surface area contributed by atoms with Crippen molar-refractivity contribution >= 4 is 11.7 Å². The molecule has 82 valence electrons. The summed E-state index contributed by atoms with van der Waals surface area (Å²) in [7, 11) is 0. The minimum atomic E-state index is -4.51. The average molecular weight is 219 g/mol. The molecule has 15 heavy (non-hydrogen) atoms. The molecule has 1 aromatic heterocycles. The Morgan fingerprint density at radius 3 is 2.47 bits per heavy atom. The maximum Gasteiger partial charge on any atom is 0.435 e. The number of rotatable bonds is 2. The highest BCUT2D eigenvalue weighted by atomic mass is 19.4. The number of hydrogen-bond donors (Lipinski definition) is 1. The molecule has 1 rings (SSSR count). The first kappa shape index (κ1) is 11.4. The van der Waals surface area contributed by atoms with E-state index in [-0.39, 0.29) is 18.1 Å². The third-order valence-electron chi connectivity index (χ3n) is 1.54. The molecule has 0 saturated heterocycles. The summed E-state index contributed by atoms with van der Waals surface area (Å²) >= 11 is 0. The van der Waals surface area contributed by atoms with Crippen molar-refractivity contribution in [2.24, 2.45) is 0 Å². The second-order valence-corrected chi connectivity index (χ2v) is 2.70. The van der Waals surface area contributed by atoms with Crippen LogP contribution in [0.1, 0.15) is 19.0 Å². The smallest absolute Gasteiger partial charge is 0.309 e. The Kier molecular flexibility index (Phi) is 3.23. The van der Waals surface area contributed by atoms with Gasteiger partial charge in [0.15, 0.2) is 11.5 Å². The number of hydrogen-bond acceptors (Lipinski definition) is 3. The van der Waals surface area contributed by atoms with E-state index in [1.54, 1.807) is 6.92 Å². The van der Waals surface area contributed by atoms with Crippen LogP contribution in [0.5, 0.6) is 0 Å². The van der Waals surface area contributed by atoms with Gasteiger partial charge in [-0.05, 0) is 12.1 Å². The van der Waals surface area contributed by atoms with Crippen molar-refractivity contribution in [1.82, 2.24) is 10.2 Å². The van der Waals surface area contributed by atoms with Crippen LogP contribution in [0, 0.1) is 0 Å². The van der Waals surface area contributed by atoms with Crippen LogP contribution >= 0.6 is 0 Å². The summed E-state index contributed by atoms with van der Waals surface area (Å²) in [5.41, 5.74) is -1.09. The summed E-state index contributed by atoms with van der Waals surface area (Å²) in [5.74, 6) is -0.320. The number of nitrogens with zero attached hydrogens (tertiary/aromatic N) is 2. The van der Waals surface area contributed by atoms with Crippen molar-refractivity contribution in [1.29, 1.82) is 0 Å². The Morgan fingerprint density at radius 2 is 2.07 bits per heavy atom. The van der Waals surface area contributed by atoms with Crippen molar-refractivity contribution in [3.63, 3.8) is 0 Å². The maximum atomic E-state index is 12.1. The number of amides is 1. The number of alkyl halides is 3. The maximum absolute atomic E-state index is 12.1. The first-order valence-corrected chi connectivity index (χ1v) is 4.14. The molecule has 0 aliphatic carbocycles. The molecule has 0 spiro atoms. The first-order valence-electron chi connectivity index (χ1n) is 4.14. The Hall–Kier alpha value is -1.66. The van der Waals surface area contributed by atoms with E-state index < -0.39 is 11.9 Å². The minimum Gasteiger partial charge on any atom is -0.309 e. The van der Waals surface area contributed by atoms with Crippen LogP contribution in [0.2, 0.25) is 0 Å². The zero-order valence-corrected chi connectivity index (χ0v) is 7.80. The summed E-state index contributed by atoms with van der Waals surface area (Å²) in [6.07, 6.45) is -4.29. The third kappa shape index (κ3) is 3.19. The molecular weight excluding hydrogens is 211 g/mol. The van der Waals surface area contributed by atoms with E-state index in [2.05, 4.69) is 15.5 Å². The van der Waals surface area contributed by atoms with Gasteiger partial charge in [0.25, 0.3) is 0 Å². The van der Waals surface area contributed by atoms with Gasteiger partial charge < -0.3 is 5.32 Å². The lowest BCUT2D eigenvalue weighted by atomic mass is 10.3. The molecule has 0 unspecified atom stereocenters. The van der Waals surface area contributed by atoms with Crippen LogP contribution in [0.4, 0.5) is 19.0 Å². The van der Waals surface area contributed by atoms with Crippen LogP contribution in [0.3, 0.4) is 0 Å². The lowest BCUT2D eigenvalue weighted by Gasteiger charge is -2.05. The van der Waals surface area contributed by atoms with E-state index in [1.165, 1.54) is 0 Å². The molecule has 0 atom stereocenters. The van der Waals surface area contributed by atoms with Crippen LogP contribution in [-0.2, 0) is 11.0 Å². The summed E-state index contributed by atoms with van der Waals surface area (Å²) in [6.45, 7) is 1.62. The lowest BCUT2D eigenvalue weighted by Crippen LogP contribution is -2.14. The predicted molar refractivity (Wildman–Crippen MR) is 46.0 cm³/mol. The molecule has 1 aromatic rings. The van der Waals surface area contributed by atoms with Crippen LogP contribution in [0.15, 0.2) is 12.1 Å². The molecule has 0 aliphatic heterocycles. The molecule has 7 heteroatoms. The van der Waals surface area contributed by atoms with Gasteiger partial charge >= 0.3 is 6.18 Å². The standard InChI is InChI=1S/C8H8F3N3O/c1-2-7(15)12-6-4-3-5(13-14-6)8(9,10)11/h3-4H,2H2,1H3,(H,12,14,15). The van der Waals surface area contributed by atoms with E-state index in [0.29, 0.717) is 0 Å². The highest BCUT2D eigenvalue weighted by molar-refractivity contribution is 5.89. The van der Waals surface area contributed by atoms with Crippen molar-refractivity contribution in [3.8, 4) is 0 Å². The summed E-state index contributed by atoms with van der Waals surface area (Å²) in [5, 5.41) is 8.47. The highest BCUT2D eigenvalue weighted by Crippen LogP contribution is 2.26. The van der Waals surface area contributed by atoms with Gasteiger partial charge in [-0.15, -0.1) is 10.2 Å². The summed E-state index contributed by atoms with van der Waals surface area (Å²) in [6, 6.07) is 1.82. The van der Waals surface area contributed by atoms with Gasteiger partial charge in [0.05, 0.1) is 0 Å². The van der Waals surface area contributed by atoms with Gasteiger partial charge in [-0.1, -0.05) is 6.92 Å². The fourth-order valence-electron chi connectivity index (χ4n) is 0.781. The number of aromatic nitrogens is 2. The topological polar surface area (TPSA) is 54.9 Å². The van der Waals surface area contributed by atoms with Gasteiger partial charge in [0, 0.05) is 6.42 Å². The molecule has 0 aliphatic rings. The van der Waals surface area contributed by atoms with Crippen LogP contribution in [0.25, 0.3) is 0 Å². The van der Waals surface area contributed by atoms with E-state index in [4.69, 9.17) is 0 Å². The van der Waals surface area contributed by atoms with Crippen LogP contribution in [-0.4, -0.2) is 16.1 Å². The molecule has 4 nitrogen and oxygen atoms in total. The number of carbonyl (C=O) groups excluding carboxylic acids is 1. The molecule has 1 N–H and O–H groups in total. The van der Waals surface area contributed by atoms with Gasteiger partial charge in [0.2, 0.25) is 5.91 Å². The number of carbonyl (C=O) groups is 1. The molecule has 1 heterocycles. The fourth-order valence-corrected chi connectivity index (χ4v) is 0.781. The molecule has 0 aromatic carbocycles. The summed E-state index contributed by atoms with van der Waals surface area (Å²) < 4.78 is 36.2. The minimum absolute atomic E-state index is 0.00912. The molecular formula is C8H8F3N3O. The van der Waals surface area contributed by atoms with Crippen molar-refractivity contribution < 1.29 is 18.0 Å². The third-order valence-corrected chi connectivity index (χ3v) is 1.54. The van der Waals surface area contributed by atoms with Gasteiger partial charge in [-0.3, -0.25) is 4.79 Å². The number of anilines is 1. The predicted octanol–water partition coefficient (Wildman–Crippen LogP) is 1.84. The molecule has 0 bridgehead atoms. The van der Waals surface area contributed by atoms with E-state index in [9.17, 15) is 18.0 Å². The number of halogens is 3. The monoisotopic (exact) mass is 219 g/mol. The fraction of sp³-hybridized carbons (Fsp3) is 0.375. The lowest BCUT2D eigenvalue weighted by molar-refractivity contribution is -0.141. The van der Waals surface area contributed by atoms with E-state index >= 15 is 0 Å². The molecule has 0 fully saturated rings. The van der Waals surface area contributed by atoms with Crippen molar-refractivity contribution in [2.75, 3.05) is 5.32 Å². The summed E-state index contributed by atoms with van der Waals surface area (Å²) in [4.78, 5) is 10.9. The second-order valence-electron chi connectivity index (χ2n) is 2.70. The number of nitrogens with one attached hydrogen (secondary N) is 1. The van der Waals surface area contributed by atoms with Gasteiger partial charge in [-0.25, -0.2) is 0 Å². The molecule has 0 radical (unpaired) electrons. The Labute approximate surface area is 83.5 Å². The van der Waals surface area contributed by atoms with Crippen molar-refractivity contribution in [2.45, 2.75) is 19.5 Å². The normalized spacial score (nSPS) is 11.2. The zero-order chi connectivity index (χ0) is 11.5. The quantitative estimate of drug-likeness (QED) is 0.825. The Balaban J connectivity index is 2.77. The van der Waals surface area contributed by atoms with Crippen molar-refractivity contribution in [3.05, 3.63) is 17.8 Å².